The number of nitrogens with one attached hydrogen (secondary N) is 3. The summed E-state index contributed by atoms with van der Waals surface area (Å²) in [4.78, 5) is 19.0. The molecule has 0 atom stereocenters. The molecule has 2 rings (SSSR count). The van der Waals surface area contributed by atoms with Crippen molar-refractivity contribution in [1.82, 2.24) is 15.2 Å². The summed E-state index contributed by atoms with van der Waals surface area (Å²) in [7, 11) is 1.83. The number of quaternary nitrogens is 1. The normalized spacial score (nSPS) is 11.1. The number of fused-ring (bicyclic) bond motifs is 1. The maximum absolute atomic E-state index is 12.5. The molecule has 5 nitrogen and oxygen atoms in total. The number of hydrogen-bond donors (Lipinski definition) is 3. The van der Waals surface area contributed by atoms with Crippen molar-refractivity contribution < 1.29 is 4.90 Å². The average molecular weight is 362 g/mol. The molecule has 0 radical (unpaired) electrons. The van der Waals surface area contributed by atoms with E-state index in [0.717, 1.165) is 42.6 Å². The highest BCUT2D eigenvalue weighted by molar-refractivity contribution is 7.80. The molecule has 1 aromatic heterocycles. The van der Waals surface area contributed by atoms with Gasteiger partial charge in [-0.25, -0.2) is 0 Å². The van der Waals surface area contributed by atoms with Gasteiger partial charge in [-0.1, -0.05) is 11.6 Å². The first-order valence-corrected chi connectivity index (χ1v) is 9.32. The van der Waals surface area contributed by atoms with Gasteiger partial charge in [0, 0.05) is 18.1 Å². The van der Waals surface area contributed by atoms with E-state index in [-0.39, 0.29) is 5.56 Å². The summed E-state index contributed by atoms with van der Waals surface area (Å²) in [5, 5.41) is 4.78. The smallest absolute Gasteiger partial charge is 0.253 e. The van der Waals surface area contributed by atoms with E-state index in [1.54, 1.807) is 0 Å². The van der Waals surface area contributed by atoms with Crippen molar-refractivity contribution >= 4 is 28.2 Å². The van der Waals surface area contributed by atoms with Gasteiger partial charge < -0.3 is 20.1 Å². The zero-order valence-electron chi connectivity index (χ0n) is 15.6. The van der Waals surface area contributed by atoms with Gasteiger partial charge in [0.2, 0.25) is 0 Å². The number of pyridine rings is 1. The number of H-pyrrole nitrogens is 1. The zero-order valence-corrected chi connectivity index (χ0v) is 16.4. The molecule has 0 saturated carbocycles. The number of benzene rings is 1. The fourth-order valence-corrected chi connectivity index (χ4v) is 3.16. The quantitative estimate of drug-likeness (QED) is 0.646. The van der Waals surface area contributed by atoms with Crippen molar-refractivity contribution in [2.45, 2.75) is 27.3 Å². The summed E-state index contributed by atoms with van der Waals surface area (Å²) in [6, 6.07) is 8.04. The molecular weight excluding hydrogens is 332 g/mol. The van der Waals surface area contributed by atoms with E-state index in [0.29, 0.717) is 11.7 Å². The van der Waals surface area contributed by atoms with Crippen LogP contribution in [0.25, 0.3) is 10.9 Å². The van der Waals surface area contributed by atoms with Gasteiger partial charge >= 0.3 is 0 Å². The fourth-order valence-electron chi connectivity index (χ4n) is 3.00. The minimum atomic E-state index is -0.0459. The Morgan fingerprint density at radius 2 is 2.00 bits per heavy atom. The number of likely N-dealkylation sites (N-methyl/N-ethyl adjacent to an activating group) is 1. The highest BCUT2D eigenvalue weighted by atomic mass is 32.1. The van der Waals surface area contributed by atoms with Crippen LogP contribution < -0.4 is 15.8 Å². The summed E-state index contributed by atoms with van der Waals surface area (Å²) in [6.07, 6.45) is 0. The SMILES string of the molecule is CC[NH+](CC)CCN(Cc1cc2cc(C)ccc2[nH]c1=O)C(=S)NC. The Hall–Kier alpha value is -1.92. The van der Waals surface area contributed by atoms with Crippen LogP contribution in [0.1, 0.15) is 25.0 Å². The van der Waals surface area contributed by atoms with Crippen LogP contribution in [0, 0.1) is 6.92 Å². The maximum Gasteiger partial charge on any atom is 0.253 e. The van der Waals surface area contributed by atoms with E-state index in [9.17, 15) is 4.79 Å². The van der Waals surface area contributed by atoms with Gasteiger partial charge in [-0.2, -0.15) is 0 Å². The monoisotopic (exact) mass is 361 g/mol. The predicted octanol–water partition coefficient (Wildman–Crippen LogP) is 1.07. The number of aromatic nitrogens is 1. The van der Waals surface area contributed by atoms with E-state index in [1.165, 1.54) is 10.5 Å². The molecule has 1 heterocycles. The summed E-state index contributed by atoms with van der Waals surface area (Å²) in [5.41, 5.74) is 2.74. The molecule has 0 aliphatic heterocycles. The Morgan fingerprint density at radius 1 is 1.28 bits per heavy atom. The van der Waals surface area contributed by atoms with Gasteiger partial charge in [0.15, 0.2) is 5.11 Å². The highest BCUT2D eigenvalue weighted by Crippen LogP contribution is 2.14. The molecule has 0 aliphatic rings. The second-order valence-electron chi connectivity index (χ2n) is 6.40. The lowest BCUT2D eigenvalue weighted by Crippen LogP contribution is -3.12. The van der Waals surface area contributed by atoms with Crippen LogP contribution in [0.2, 0.25) is 0 Å². The second-order valence-corrected chi connectivity index (χ2v) is 6.78. The first-order valence-electron chi connectivity index (χ1n) is 8.91. The third kappa shape index (κ3) is 5.03. The first kappa shape index (κ1) is 19.4. The van der Waals surface area contributed by atoms with Crippen molar-refractivity contribution in [2.75, 3.05) is 33.2 Å². The van der Waals surface area contributed by atoms with E-state index < -0.39 is 0 Å². The second kappa shape index (κ2) is 8.97. The predicted molar refractivity (Wildman–Crippen MR) is 108 cm³/mol. The molecule has 136 valence electrons. The Morgan fingerprint density at radius 3 is 2.64 bits per heavy atom. The van der Waals surface area contributed by atoms with E-state index in [1.807, 2.05) is 25.2 Å². The molecule has 3 N–H and O–H groups in total. The van der Waals surface area contributed by atoms with Gasteiger partial charge in [-0.3, -0.25) is 4.79 Å². The Balaban J connectivity index is 2.25. The molecule has 0 amide bonds. The maximum atomic E-state index is 12.5. The van der Waals surface area contributed by atoms with Crippen molar-refractivity contribution in [3.8, 4) is 0 Å². The fraction of sp³-hybridized carbons (Fsp3) is 0.474. The number of thiocarbonyl (C=S) groups is 1. The van der Waals surface area contributed by atoms with Crippen LogP contribution in [-0.4, -0.2) is 48.2 Å². The Labute approximate surface area is 155 Å². The van der Waals surface area contributed by atoms with Gasteiger partial charge in [0.05, 0.1) is 32.7 Å². The Bertz CT molecular complexity index is 783. The van der Waals surface area contributed by atoms with E-state index in [2.05, 4.69) is 42.0 Å². The van der Waals surface area contributed by atoms with E-state index in [4.69, 9.17) is 12.2 Å². The summed E-state index contributed by atoms with van der Waals surface area (Å²) >= 11 is 5.45. The number of hydrogen-bond acceptors (Lipinski definition) is 2. The minimum Gasteiger partial charge on any atom is -0.366 e. The molecule has 0 unspecified atom stereocenters. The van der Waals surface area contributed by atoms with Crippen LogP contribution in [0.4, 0.5) is 0 Å². The zero-order chi connectivity index (χ0) is 18.4. The van der Waals surface area contributed by atoms with Crippen LogP contribution in [0.5, 0.6) is 0 Å². The lowest BCUT2D eigenvalue weighted by Gasteiger charge is -2.26. The highest BCUT2D eigenvalue weighted by Gasteiger charge is 2.14. The van der Waals surface area contributed by atoms with Crippen LogP contribution >= 0.6 is 12.2 Å². The van der Waals surface area contributed by atoms with Crippen LogP contribution in [0.3, 0.4) is 0 Å². The molecule has 0 bridgehead atoms. The first-order chi connectivity index (χ1) is 12.0. The van der Waals surface area contributed by atoms with Gasteiger partial charge in [-0.05, 0) is 56.6 Å². The molecular formula is C19H29N4OS+. The van der Waals surface area contributed by atoms with Crippen molar-refractivity contribution in [2.24, 2.45) is 0 Å². The molecule has 0 fully saturated rings. The lowest BCUT2D eigenvalue weighted by atomic mass is 10.1. The van der Waals surface area contributed by atoms with E-state index >= 15 is 0 Å². The molecule has 25 heavy (non-hydrogen) atoms. The molecule has 2 aromatic rings. The van der Waals surface area contributed by atoms with Gasteiger partial charge in [-0.15, -0.1) is 0 Å². The third-order valence-corrected chi connectivity index (χ3v) is 5.14. The van der Waals surface area contributed by atoms with Crippen molar-refractivity contribution in [1.29, 1.82) is 0 Å². The molecule has 6 heteroatoms. The number of nitrogens with zero attached hydrogens (tertiary/aromatic N) is 1. The van der Waals surface area contributed by atoms with Gasteiger partial charge in [0.1, 0.15) is 0 Å². The summed E-state index contributed by atoms with van der Waals surface area (Å²) in [5.74, 6) is 0. The number of rotatable bonds is 7. The van der Waals surface area contributed by atoms with Gasteiger partial charge in [0.25, 0.3) is 5.56 Å². The third-order valence-electron chi connectivity index (χ3n) is 4.67. The van der Waals surface area contributed by atoms with Crippen LogP contribution in [0.15, 0.2) is 29.1 Å². The summed E-state index contributed by atoms with van der Waals surface area (Å²) < 4.78 is 0. The number of aryl methyl sites for hydroxylation is 1. The van der Waals surface area contributed by atoms with Crippen molar-refractivity contribution in [3.05, 3.63) is 45.7 Å². The van der Waals surface area contributed by atoms with Crippen molar-refractivity contribution in [3.63, 3.8) is 0 Å². The van der Waals surface area contributed by atoms with Crippen LogP contribution in [-0.2, 0) is 6.54 Å². The minimum absolute atomic E-state index is 0.0459. The standard InChI is InChI=1S/C19H28N4OS/c1-5-22(6-2)9-10-23(19(25)20-4)13-16-12-15-11-14(3)7-8-17(15)21-18(16)24/h7-8,11-12H,5-6,9-10,13H2,1-4H3,(H,20,25)(H,21,24)/p+1. The lowest BCUT2D eigenvalue weighted by molar-refractivity contribution is -0.895. The Kier molecular flexibility index (Phi) is 6.96. The summed E-state index contributed by atoms with van der Waals surface area (Å²) in [6.45, 7) is 10.9. The molecule has 0 saturated heterocycles. The molecule has 1 aromatic carbocycles. The largest absolute Gasteiger partial charge is 0.366 e. The molecule has 0 spiro atoms. The molecule has 0 aliphatic carbocycles. The topological polar surface area (TPSA) is 52.6 Å². The number of aromatic amines is 1. The average Bonchev–Trinajstić information content (AvgIpc) is 2.61.